The van der Waals surface area contributed by atoms with E-state index in [-0.39, 0.29) is 10.2 Å². The third-order valence-corrected chi connectivity index (χ3v) is 2.55. The van der Waals surface area contributed by atoms with Crippen molar-refractivity contribution in [1.29, 1.82) is 0 Å². The van der Waals surface area contributed by atoms with E-state index in [1.54, 1.807) is 0 Å². The van der Waals surface area contributed by atoms with Gasteiger partial charge in [0.2, 0.25) is 0 Å². The highest BCUT2D eigenvalue weighted by molar-refractivity contribution is 9.10. The summed E-state index contributed by atoms with van der Waals surface area (Å²) in [5.41, 5.74) is 0.380. The first-order valence-electron chi connectivity index (χ1n) is 4.26. The molecule has 1 aromatic heterocycles. The van der Waals surface area contributed by atoms with Gasteiger partial charge in [-0.15, -0.1) is 0 Å². The summed E-state index contributed by atoms with van der Waals surface area (Å²) >= 11 is 3.04. The van der Waals surface area contributed by atoms with Crippen molar-refractivity contribution in [1.82, 2.24) is 9.78 Å². The summed E-state index contributed by atoms with van der Waals surface area (Å²) in [6.07, 6.45) is 3.25. The van der Waals surface area contributed by atoms with Gasteiger partial charge in [0, 0.05) is 16.7 Å². The smallest absolute Gasteiger partial charge is 0.153 e. The van der Waals surface area contributed by atoms with Gasteiger partial charge in [0.25, 0.3) is 0 Å². The molecule has 2 aromatic rings. The minimum Gasteiger partial charge on any atom is -0.298 e. The maximum absolute atomic E-state index is 13.5. The van der Waals surface area contributed by atoms with Gasteiger partial charge in [-0.25, -0.2) is 13.5 Å². The lowest BCUT2D eigenvalue weighted by Crippen LogP contribution is -2.00. The second-order valence-electron chi connectivity index (χ2n) is 3.05. The van der Waals surface area contributed by atoms with E-state index in [0.717, 1.165) is 12.1 Å². The Morgan fingerprint density at radius 3 is 2.69 bits per heavy atom. The first-order chi connectivity index (χ1) is 7.61. The fourth-order valence-corrected chi connectivity index (χ4v) is 1.86. The number of rotatable bonds is 2. The van der Waals surface area contributed by atoms with E-state index in [2.05, 4.69) is 21.0 Å². The number of carbonyl (C=O) groups is 1. The fraction of sp³-hybridized carbons (Fsp3) is 0. The fourth-order valence-electron chi connectivity index (χ4n) is 1.27. The van der Waals surface area contributed by atoms with Crippen molar-refractivity contribution in [2.24, 2.45) is 0 Å². The number of halogens is 3. The Balaban J connectivity index is 2.59. The molecule has 0 saturated heterocycles. The van der Waals surface area contributed by atoms with Gasteiger partial charge in [-0.05, 0) is 22.0 Å². The van der Waals surface area contributed by atoms with Crippen LogP contribution in [0, 0.1) is 11.6 Å². The minimum absolute atomic E-state index is 0.0644. The zero-order valence-corrected chi connectivity index (χ0v) is 9.41. The van der Waals surface area contributed by atoms with E-state index >= 15 is 0 Å². The van der Waals surface area contributed by atoms with E-state index in [1.165, 1.54) is 17.1 Å². The Kier molecular flexibility index (Phi) is 2.82. The zero-order valence-electron chi connectivity index (χ0n) is 7.82. The van der Waals surface area contributed by atoms with E-state index in [4.69, 9.17) is 0 Å². The molecule has 0 bridgehead atoms. The van der Waals surface area contributed by atoms with Crippen LogP contribution in [-0.2, 0) is 0 Å². The molecule has 0 N–H and O–H groups in total. The quantitative estimate of drug-likeness (QED) is 0.796. The molecule has 0 spiro atoms. The Labute approximate surface area is 97.8 Å². The summed E-state index contributed by atoms with van der Waals surface area (Å²) in [5.74, 6) is -1.44. The molecule has 0 saturated carbocycles. The summed E-state index contributed by atoms with van der Waals surface area (Å²) in [5, 5.41) is 3.80. The molecule has 0 radical (unpaired) electrons. The van der Waals surface area contributed by atoms with Gasteiger partial charge in [-0.2, -0.15) is 5.10 Å². The number of aromatic nitrogens is 2. The van der Waals surface area contributed by atoms with Gasteiger partial charge in [0.05, 0.1) is 11.8 Å². The summed E-state index contributed by atoms with van der Waals surface area (Å²) in [7, 11) is 0. The van der Waals surface area contributed by atoms with E-state index in [9.17, 15) is 13.6 Å². The normalized spacial score (nSPS) is 10.4. The standard InChI is InChI=1S/C10H5BrF2N2O/c11-8-1-7(12)2-9(13)10(8)15-4-6(5-16)3-14-15/h1-5H. The number of nitrogens with zero attached hydrogens (tertiary/aromatic N) is 2. The number of hydrogen-bond donors (Lipinski definition) is 0. The molecule has 82 valence electrons. The average Bonchev–Trinajstić information content (AvgIpc) is 2.64. The van der Waals surface area contributed by atoms with Gasteiger partial charge in [-0.3, -0.25) is 4.79 Å². The Morgan fingerprint density at radius 2 is 2.12 bits per heavy atom. The molecule has 3 nitrogen and oxygen atoms in total. The number of carbonyl (C=O) groups excluding carboxylic acids is 1. The topological polar surface area (TPSA) is 34.9 Å². The Bertz CT molecular complexity index is 530. The van der Waals surface area contributed by atoms with E-state index < -0.39 is 11.6 Å². The monoisotopic (exact) mass is 286 g/mol. The van der Waals surface area contributed by atoms with E-state index in [1.807, 2.05) is 0 Å². The van der Waals surface area contributed by atoms with Crippen molar-refractivity contribution in [2.45, 2.75) is 0 Å². The molecule has 0 aliphatic heterocycles. The Hall–Kier alpha value is -1.56. The number of aldehydes is 1. The van der Waals surface area contributed by atoms with Crippen molar-refractivity contribution in [3.63, 3.8) is 0 Å². The predicted molar refractivity (Wildman–Crippen MR) is 56.6 cm³/mol. The predicted octanol–water partition coefficient (Wildman–Crippen LogP) is 2.73. The largest absolute Gasteiger partial charge is 0.298 e. The van der Waals surface area contributed by atoms with Crippen LogP contribution in [0.15, 0.2) is 29.0 Å². The van der Waals surface area contributed by atoms with Gasteiger partial charge in [-0.1, -0.05) is 0 Å². The number of hydrogen-bond acceptors (Lipinski definition) is 2. The maximum atomic E-state index is 13.5. The summed E-state index contributed by atoms with van der Waals surface area (Å²) in [6.45, 7) is 0. The molecule has 6 heteroatoms. The van der Waals surface area contributed by atoms with Crippen LogP contribution in [0.4, 0.5) is 8.78 Å². The molecule has 0 atom stereocenters. The van der Waals surface area contributed by atoms with Gasteiger partial charge in [0.15, 0.2) is 12.1 Å². The van der Waals surface area contributed by atoms with Gasteiger partial charge >= 0.3 is 0 Å². The van der Waals surface area contributed by atoms with Crippen LogP contribution in [0.25, 0.3) is 5.69 Å². The van der Waals surface area contributed by atoms with Gasteiger partial charge < -0.3 is 0 Å². The minimum atomic E-state index is -0.757. The van der Waals surface area contributed by atoms with Crippen molar-refractivity contribution >= 4 is 22.2 Å². The molecule has 0 aliphatic rings. The maximum Gasteiger partial charge on any atom is 0.153 e. The highest BCUT2D eigenvalue weighted by atomic mass is 79.9. The van der Waals surface area contributed by atoms with Crippen LogP contribution in [0.3, 0.4) is 0 Å². The molecule has 1 aromatic carbocycles. The zero-order chi connectivity index (χ0) is 11.7. The average molecular weight is 287 g/mol. The lowest BCUT2D eigenvalue weighted by Gasteiger charge is -2.05. The SMILES string of the molecule is O=Cc1cnn(-c2c(F)cc(F)cc2Br)c1. The molecule has 16 heavy (non-hydrogen) atoms. The molecular weight excluding hydrogens is 282 g/mol. The molecular formula is C10H5BrF2N2O. The van der Waals surface area contributed by atoms with Crippen LogP contribution in [0.2, 0.25) is 0 Å². The molecule has 2 rings (SSSR count). The highest BCUT2D eigenvalue weighted by Gasteiger charge is 2.12. The van der Waals surface area contributed by atoms with Crippen LogP contribution in [0.5, 0.6) is 0 Å². The van der Waals surface area contributed by atoms with Gasteiger partial charge in [0.1, 0.15) is 11.5 Å². The Morgan fingerprint density at radius 1 is 1.38 bits per heavy atom. The van der Waals surface area contributed by atoms with Crippen molar-refractivity contribution in [3.8, 4) is 5.69 Å². The van der Waals surface area contributed by atoms with Crippen LogP contribution < -0.4 is 0 Å². The van der Waals surface area contributed by atoms with Crippen LogP contribution in [0.1, 0.15) is 10.4 Å². The third-order valence-electron chi connectivity index (χ3n) is 1.95. The second kappa shape index (κ2) is 4.13. The second-order valence-corrected chi connectivity index (χ2v) is 3.91. The molecule has 0 fully saturated rings. The molecule has 0 amide bonds. The summed E-state index contributed by atoms with van der Waals surface area (Å²) in [6, 6.07) is 1.88. The van der Waals surface area contributed by atoms with Crippen molar-refractivity contribution in [2.75, 3.05) is 0 Å². The lowest BCUT2D eigenvalue weighted by molar-refractivity contribution is 0.112. The van der Waals surface area contributed by atoms with Crippen molar-refractivity contribution in [3.05, 3.63) is 46.2 Å². The molecule has 0 unspecified atom stereocenters. The third kappa shape index (κ3) is 1.88. The van der Waals surface area contributed by atoms with Crippen LogP contribution in [-0.4, -0.2) is 16.1 Å². The molecule has 0 aliphatic carbocycles. The highest BCUT2D eigenvalue weighted by Crippen LogP contribution is 2.25. The summed E-state index contributed by atoms with van der Waals surface area (Å²) in [4.78, 5) is 10.5. The van der Waals surface area contributed by atoms with Crippen LogP contribution >= 0.6 is 15.9 Å². The lowest BCUT2D eigenvalue weighted by atomic mass is 10.3. The first-order valence-corrected chi connectivity index (χ1v) is 5.06. The summed E-state index contributed by atoms with van der Waals surface area (Å²) < 4.78 is 27.7. The first kappa shape index (κ1) is 10.9. The molecule has 1 heterocycles. The van der Waals surface area contributed by atoms with Crippen molar-refractivity contribution < 1.29 is 13.6 Å². The van der Waals surface area contributed by atoms with E-state index in [0.29, 0.717) is 11.8 Å². The number of benzene rings is 1.